The number of carbonyl (C=O) groups is 2. The molecule has 0 radical (unpaired) electrons. The molecule has 0 saturated heterocycles. The van der Waals surface area contributed by atoms with Crippen molar-refractivity contribution >= 4 is 34.8 Å². The lowest BCUT2D eigenvalue weighted by atomic mass is 9.64. The normalized spacial score (nSPS) is 22.8. The van der Waals surface area contributed by atoms with Crippen LogP contribution in [0.25, 0.3) is 11.1 Å². The Morgan fingerprint density at radius 1 is 0.591 bits per heavy atom. The van der Waals surface area contributed by atoms with E-state index in [4.69, 9.17) is 22.5 Å². The van der Waals surface area contributed by atoms with Crippen LogP contribution in [0.15, 0.2) is 107 Å². The van der Waals surface area contributed by atoms with Crippen molar-refractivity contribution in [2.75, 3.05) is 0 Å². The van der Waals surface area contributed by atoms with Crippen molar-refractivity contribution in [1.29, 1.82) is 10.8 Å². The van der Waals surface area contributed by atoms with Crippen LogP contribution in [0.2, 0.25) is 0 Å². The van der Waals surface area contributed by atoms with Gasteiger partial charge >= 0.3 is 11.9 Å². The minimum Gasteiger partial charge on any atom is -0.480 e. The molecule has 6 rings (SSSR count). The molecule has 2 atom stereocenters. The van der Waals surface area contributed by atoms with Gasteiger partial charge in [0.05, 0.1) is 22.8 Å². The van der Waals surface area contributed by atoms with Crippen LogP contribution in [0, 0.1) is 10.8 Å². The summed E-state index contributed by atoms with van der Waals surface area (Å²) < 4.78 is 0. The van der Waals surface area contributed by atoms with Crippen molar-refractivity contribution in [2.24, 2.45) is 21.9 Å². The van der Waals surface area contributed by atoms with Crippen LogP contribution in [0.5, 0.6) is 0 Å². The standard InChI is InChI=1S/C34H28N6O4/c35-29-23-5-1-3-7-25(23)33(31(41)42,17-27(29)39-37)21-13-9-19(10-14-21)20-11-15-22(16-12-20)34(32(43)44)18-28(40-38)30(36)24-6-2-4-8-26(24)34/h1-16,35-36H,17-18,37-38H2,(H,41,42)(H,43,44). The number of nitrogens with two attached hydrogens (primary N) is 2. The van der Waals surface area contributed by atoms with Crippen molar-refractivity contribution in [3.63, 3.8) is 0 Å². The zero-order valence-corrected chi connectivity index (χ0v) is 23.4. The van der Waals surface area contributed by atoms with Crippen molar-refractivity contribution in [2.45, 2.75) is 23.7 Å². The van der Waals surface area contributed by atoms with E-state index in [1.54, 1.807) is 72.8 Å². The molecule has 0 amide bonds. The van der Waals surface area contributed by atoms with E-state index in [9.17, 15) is 19.8 Å². The van der Waals surface area contributed by atoms with Crippen LogP contribution in [0.3, 0.4) is 0 Å². The van der Waals surface area contributed by atoms with Gasteiger partial charge in [0, 0.05) is 24.0 Å². The molecule has 0 aromatic heterocycles. The minimum absolute atomic E-state index is 0.0625. The van der Waals surface area contributed by atoms with Crippen molar-refractivity contribution in [1.82, 2.24) is 0 Å². The number of hydrazone groups is 2. The molecule has 2 aliphatic carbocycles. The van der Waals surface area contributed by atoms with Gasteiger partial charge in [-0.1, -0.05) is 97.1 Å². The fourth-order valence-electron chi connectivity index (χ4n) is 6.59. The number of carboxylic acid groups (broad SMARTS) is 2. The summed E-state index contributed by atoms with van der Waals surface area (Å²) in [5.41, 5.74) is 2.24. The fourth-order valence-corrected chi connectivity index (χ4v) is 6.59. The Labute approximate surface area is 252 Å². The SMILES string of the molecule is N=C1C(=NN)CC(C(=O)O)(c2ccc(-c3ccc(C4(C(=O)O)CC(=NN)C(=N)c5ccccc54)cc3)cc2)c2ccccc21. The number of rotatable bonds is 5. The van der Waals surface area contributed by atoms with Gasteiger partial charge in [0.15, 0.2) is 0 Å². The maximum atomic E-state index is 12.9. The van der Waals surface area contributed by atoms with Gasteiger partial charge in [-0.2, -0.15) is 10.2 Å². The second-order valence-electron chi connectivity index (χ2n) is 10.9. The number of carboxylic acids is 2. The number of nitrogens with zero attached hydrogens (tertiary/aromatic N) is 2. The molecule has 0 spiro atoms. The first kappa shape index (κ1) is 28.2. The Hall–Kier alpha value is -5.90. The zero-order chi connectivity index (χ0) is 31.2. The molecule has 10 nitrogen and oxygen atoms in total. The van der Waals surface area contributed by atoms with Crippen LogP contribution >= 0.6 is 0 Å². The van der Waals surface area contributed by atoms with Crippen molar-refractivity contribution < 1.29 is 19.8 Å². The maximum Gasteiger partial charge on any atom is 0.319 e. The zero-order valence-electron chi connectivity index (χ0n) is 23.4. The Morgan fingerprint density at radius 3 is 1.25 bits per heavy atom. The number of hydrogen-bond donors (Lipinski definition) is 6. The quantitative estimate of drug-likeness (QED) is 0.149. The molecule has 44 heavy (non-hydrogen) atoms. The number of nitrogens with one attached hydrogen (secondary N) is 2. The minimum atomic E-state index is -1.49. The largest absolute Gasteiger partial charge is 0.480 e. The first-order valence-electron chi connectivity index (χ1n) is 13.8. The molecule has 2 aliphatic rings. The Bertz CT molecular complexity index is 1790. The van der Waals surface area contributed by atoms with E-state index in [2.05, 4.69) is 10.2 Å². The van der Waals surface area contributed by atoms with E-state index in [1.807, 2.05) is 24.3 Å². The van der Waals surface area contributed by atoms with Crippen LogP contribution in [-0.2, 0) is 20.4 Å². The number of fused-ring (bicyclic) bond motifs is 2. The van der Waals surface area contributed by atoms with Gasteiger partial charge in [0.1, 0.15) is 10.8 Å². The second-order valence-corrected chi connectivity index (χ2v) is 10.9. The summed E-state index contributed by atoms with van der Waals surface area (Å²) in [6.45, 7) is 0. The summed E-state index contributed by atoms with van der Waals surface area (Å²) in [6.07, 6.45) is -0.125. The molecule has 2 unspecified atom stereocenters. The molecule has 0 bridgehead atoms. The van der Waals surface area contributed by atoms with E-state index >= 15 is 0 Å². The molecule has 4 aromatic rings. The molecule has 0 fully saturated rings. The third-order valence-electron chi connectivity index (χ3n) is 8.89. The topological polar surface area (TPSA) is 199 Å². The average Bonchev–Trinajstić information content (AvgIpc) is 3.05. The number of aliphatic carboxylic acids is 2. The summed E-state index contributed by atoms with van der Waals surface area (Å²) in [7, 11) is 0. The lowest BCUT2D eigenvalue weighted by Crippen LogP contribution is -2.46. The van der Waals surface area contributed by atoms with Gasteiger partial charge in [-0.25, -0.2) is 0 Å². The van der Waals surface area contributed by atoms with E-state index < -0.39 is 22.8 Å². The fraction of sp³-hybridized carbons (Fsp3) is 0.118. The van der Waals surface area contributed by atoms with Gasteiger partial charge in [-0.3, -0.25) is 20.4 Å². The van der Waals surface area contributed by atoms with Gasteiger partial charge in [0.25, 0.3) is 0 Å². The molecule has 10 heteroatoms. The molecule has 218 valence electrons. The molecule has 8 N–H and O–H groups in total. The molecular weight excluding hydrogens is 556 g/mol. The van der Waals surface area contributed by atoms with Gasteiger partial charge < -0.3 is 21.9 Å². The third-order valence-corrected chi connectivity index (χ3v) is 8.89. The van der Waals surface area contributed by atoms with E-state index in [-0.39, 0.29) is 35.7 Å². The van der Waals surface area contributed by atoms with E-state index in [0.29, 0.717) is 33.4 Å². The summed E-state index contributed by atoms with van der Waals surface area (Å²) >= 11 is 0. The van der Waals surface area contributed by atoms with Gasteiger partial charge in [0.2, 0.25) is 0 Å². The maximum absolute atomic E-state index is 12.9. The highest BCUT2D eigenvalue weighted by Crippen LogP contribution is 2.44. The first-order valence-corrected chi connectivity index (χ1v) is 13.8. The number of hydrogen-bond acceptors (Lipinski definition) is 8. The highest BCUT2D eigenvalue weighted by Gasteiger charge is 2.50. The monoisotopic (exact) mass is 584 g/mol. The van der Waals surface area contributed by atoms with E-state index in [1.165, 1.54) is 0 Å². The summed E-state index contributed by atoms with van der Waals surface area (Å²) in [6, 6.07) is 28.2. The smallest absolute Gasteiger partial charge is 0.319 e. The average molecular weight is 585 g/mol. The first-order chi connectivity index (χ1) is 21.2. The molecular formula is C34H28N6O4. The predicted molar refractivity (Wildman–Crippen MR) is 168 cm³/mol. The summed E-state index contributed by atoms with van der Waals surface area (Å²) in [4.78, 5) is 25.9. The highest BCUT2D eigenvalue weighted by atomic mass is 16.4. The highest BCUT2D eigenvalue weighted by molar-refractivity contribution is 6.50. The van der Waals surface area contributed by atoms with Crippen LogP contribution < -0.4 is 11.7 Å². The van der Waals surface area contributed by atoms with Crippen LogP contribution in [0.1, 0.15) is 46.2 Å². The van der Waals surface area contributed by atoms with Crippen LogP contribution in [-0.4, -0.2) is 45.0 Å². The third kappa shape index (κ3) is 3.95. The molecule has 4 aromatic carbocycles. The predicted octanol–water partition coefficient (Wildman–Crippen LogP) is 4.27. The molecule has 0 aliphatic heterocycles. The Kier molecular flexibility index (Phi) is 6.69. The Balaban J connectivity index is 1.41. The Morgan fingerprint density at radius 2 is 0.932 bits per heavy atom. The van der Waals surface area contributed by atoms with Gasteiger partial charge in [-0.15, -0.1) is 0 Å². The van der Waals surface area contributed by atoms with Crippen molar-refractivity contribution in [3.8, 4) is 11.1 Å². The lowest BCUT2D eigenvalue weighted by molar-refractivity contribution is -0.142. The van der Waals surface area contributed by atoms with Gasteiger partial charge in [-0.05, 0) is 33.4 Å². The number of benzene rings is 4. The van der Waals surface area contributed by atoms with Crippen molar-refractivity contribution in [3.05, 3.63) is 130 Å². The lowest BCUT2D eigenvalue weighted by Gasteiger charge is -2.37. The molecule has 0 heterocycles. The van der Waals surface area contributed by atoms with Crippen LogP contribution in [0.4, 0.5) is 0 Å². The summed E-state index contributed by atoms with van der Waals surface area (Å²) in [5, 5.41) is 45.6. The van der Waals surface area contributed by atoms with E-state index in [0.717, 1.165) is 11.1 Å². The summed E-state index contributed by atoms with van der Waals surface area (Å²) in [5.74, 6) is 9.03. The molecule has 0 saturated carbocycles. The second kappa shape index (κ2) is 10.4.